The minimum Gasteiger partial charge on any atom is -0.497 e. The summed E-state index contributed by atoms with van der Waals surface area (Å²) in [4.78, 5) is 14.6. The molecule has 0 saturated carbocycles. The monoisotopic (exact) mass is 477 g/mol. The number of nitrogens with one attached hydrogen (secondary N) is 1. The second-order valence-electron chi connectivity index (χ2n) is 7.22. The number of amides is 1. The second-order valence-corrected chi connectivity index (χ2v) is 9.65. The summed E-state index contributed by atoms with van der Waals surface area (Å²) < 4.78 is 46.4. The van der Waals surface area contributed by atoms with Crippen LogP contribution in [-0.2, 0) is 14.8 Å². The molecule has 0 bridgehead atoms. The van der Waals surface area contributed by atoms with Crippen LogP contribution in [0.4, 0.5) is 5.69 Å². The van der Waals surface area contributed by atoms with Gasteiger partial charge in [0.05, 0.1) is 32.5 Å². The van der Waals surface area contributed by atoms with Crippen LogP contribution in [0.3, 0.4) is 0 Å². The number of carbonyl (C=O) groups excluding carboxylic acids is 1. The topological polar surface area (TPSA) is 114 Å². The van der Waals surface area contributed by atoms with E-state index in [9.17, 15) is 13.2 Å². The summed E-state index contributed by atoms with van der Waals surface area (Å²) >= 11 is 0.991. The number of hydrogen-bond acceptors (Lipinski definition) is 9. The Labute approximate surface area is 190 Å². The zero-order valence-corrected chi connectivity index (χ0v) is 19.3. The van der Waals surface area contributed by atoms with Crippen LogP contribution in [0.25, 0.3) is 11.0 Å². The molecule has 1 saturated heterocycles. The fourth-order valence-corrected chi connectivity index (χ4v) is 5.71. The van der Waals surface area contributed by atoms with Gasteiger partial charge in [0.2, 0.25) is 15.9 Å². The summed E-state index contributed by atoms with van der Waals surface area (Å²) in [6.45, 7) is 1.62. The number of benzene rings is 2. The van der Waals surface area contributed by atoms with Crippen LogP contribution in [0.15, 0.2) is 41.3 Å². The van der Waals surface area contributed by atoms with Crippen molar-refractivity contribution in [1.82, 2.24) is 18.0 Å². The lowest BCUT2D eigenvalue weighted by Gasteiger charge is -2.33. The Morgan fingerprint density at radius 2 is 1.75 bits per heavy atom. The molecule has 32 heavy (non-hydrogen) atoms. The molecule has 1 amide bonds. The molecule has 12 heteroatoms. The zero-order valence-electron chi connectivity index (χ0n) is 17.6. The number of ether oxygens (including phenoxy) is 2. The average Bonchev–Trinajstić information content (AvgIpc) is 3.28. The number of aromatic nitrogens is 2. The summed E-state index contributed by atoms with van der Waals surface area (Å²) in [5.41, 5.74) is 1.53. The van der Waals surface area contributed by atoms with Crippen molar-refractivity contribution in [2.45, 2.75) is 4.90 Å². The van der Waals surface area contributed by atoms with Crippen molar-refractivity contribution in [3.63, 3.8) is 0 Å². The van der Waals surface area contributed by atoms with Crippen molar-refractivity contribution in [3.05, 3.63) is 36.4 Å². The van der Waals surface area contributed by atoms with Gasteiger partial charge in [-0.25, -0.2) is 8.42 Å². The van der Waals surface area contributed by atoms with E-state index in [0.29, 0.717) is 41.3 Å². The van der Waals surface area contributed by atoms with Crippen molar-refractivity contribution >= 4 is 44.4 Å². The molecule has 3 aromatic rings. The Balaban J connectivity index is 1.37. The van der Waals surface area contributed by atoms with Gasteiger partial charge in [0.15, 0.2) is 0 Å². The lowest BCUT2D eigenvalue weighted by Crippen LogP contribution is -2.50. The van der Waals surface area contributed by atoms with Gasteiger partial charge in [-0.15, -0.1) is 0 Å². The highest BCUT2D eigenvalue weighted by Gasteiger charge is 2.31. The van der Waals surface area contributed by atoms with E-state index in [1.807, 2.05) is 4.90 Å². The molecule has 1 aliphatic heterocycles. The van der Waals surface area contributed by atoms with Crippen LogP contribution in [0.2, 0.25) is 0 Å². The third-order valence-electron chi connectivity index (χ3n) is 5.20. The molecule has 2 heterocycles. The SMILES string of the molecule is COc1cc(NC(=O)CN2CCN(S(=O)(=O)c3cccc4nsnc34)CC2)cc(OC)c1. The highest BCUT2D eigenvalue weighted by molar-refractivity contribution is 7.89. The number of sulfonamides is 1. The van der Waals surface area contributed by atoms with Crippen LogP contribution < -0.4 is 14.8 Å². The van der Waals surface area contributed by atoms with Gasteiger partial charge in [-0.05, 0) is 12.1 Å². The van der Waals surface area contributed by atoms with Gasteiger partial charge in [-0.3, -0.25) is 9.69 Å². The maximum Gasteiger partial charge on any atom is 0.245 e. The number of nitrogens with zero attached hydrogens (tertiary/aromatic N) is 4. The lowest BCUT2D eigenvalue weighted by molar-refractivity contribution is -0.117. The molecule has 1 aliphatic rings. The molecule has 0 aliphatic carbocycles. The van der Waals surface area contributed by atoms with Crippen molar-refractivity contribution in [2.24, 2.45) is 0 Å². The molecule has 1 N–H and O–H groups in total. The molecule has 1 aromatic heterocycles. The maximum absolute atomic E-state index is 13.1. The predicted molar refractivity (Wildman–Crippen MR) is 121 cm³/mol. The molecule has 170 valence electrons. The molecule has 10 nitrogen and oxygen atoms in total. The molecular weight excluding hydrogens is 454 g/mol. The highest BCUT2D eigenvalue weighted by Crippen LogP contribution is 2.27. The minimum absolute atomic E-state index is 0.152. The highest BCUT2D eigenvalue weighted by atomic mass is 32.2. The van der Waals surface area contributed by atoms with Gasteiger partial charge >= 0.3 is 0 Å². The van der Waals surface area contributed by atoms with Gasteiger partial charge in [0.1, 0.15) is 27.4 Å². The van der Waals surface area contributed by atoms with Crippen molar-refractivity contribution in [1.29, 1.82) is 0 Å². The van der Waals surface area contributed by atoms with Crippen LogP contribution in [0.5, 0.6) is 11.5 Å². The molecule has 2 aromatic carbocycles. The first-order valence-corrected chi connectivity index (χ1v) is 12.0. The second kappa shape index (κ2) is 9.36. The van der Waals surface area contributed by atoms with E-state index < -0.39 is 10.0 Å². The van der Waals surface area contributed by atoms with E-state index in [2.05, 4.69) is 14.1 Å². The van der Waals surface area contributed by atoms with E-state index in [1.165, 1.54) is 4.31 Å². The zero-order chi connectivity index (χ0) is 22.7. The predicted octanol–water partition coefficient (Wildman–Crippen LogP) is 1.65. The first kappa shape index (κ1) is 22.4. The smallest absolute Gasteiger partial charge is 0.245 e. The Morgan fingerprint density at radius 1 is 1.06 bits per heavy atom. The Morgan fingerprint density at radius 3 is 2.41 bits per heavy atom. The molecule has 0 radical (unpaired) electrons. The molecule has 1 fully saturated rings. The van der Waals surface area contributed by atoms with Gasteiger partial charge in [-0.1, -0.05) is 6.07 Å². The Kier molecular flexibility index (Phi) is 6.55. The molecule has 4 rings (SSSR count). The number of rotatable bonds is 7. The molecule has 0 spiro atoms. The van der Waals surface area contributed by atoms with E-state index in [-0.39, 0.29) is 30.4 Å². The third-order valence-corrected chi connectivity index (χ3v) is 7.67. The van der Waals surface area contributed by atoms with Crippen molar-refractivity contribution < 1.29 is 22.7 Å². The Hall–Kier alpha value is -2.80. The van der Waals surface area contributed by atoms with E-state index in [4.69, 9.17) is 9.47 Å². The van der Waals surface area contributed by atoms with Gasteiger partial charge in [0.25, 0.3) is 0 Å². The summed E-state index contributed by atoms with van der Waals surface area (Å²) in [6.07, 6.45) is 0. The fraction of sp³-hybridized carbons (Fsp3) is 0.350. The van der Waals surface area contributed by atoms with E-state index in [0.717, 1.165) is 11.7 Å². The van der Waals surface area contributed by atoms with Crippen molar-refractivity contribution in [3.8, 4) is 11.5 Å². The normalized spacial score (nSPS) is 15.6. The first-order valence-electron chi connectivity index (χ1n) is 9.87. The number of methoxy groups -OCH3 is 2. The van der Waals surface area contributed by atoms with Crippen LogP contribution >= 0.6 is 11.7 Å². The maximum atomic E-state index is 13.1. The number of piperazine rings is 1. The van der Waals surface area contributed by atoms with Crippen LogP contribution in [-0.4, -0.2) is 79.2 Å². The van der Waals surface area contributed by atoms with Crippen LogP contribution in [0, 0.1) is 0 Å². The van der Waals surface area contributed by atoms with Gasteiger partial charge in [0, 0.05) is 50.1 Å². The fourth-order valence-electron chi connectivity index (χ4n) is 3.54. The Bertz CT molecular complexity index is 1200. The minimum atomic E-state index is -3.69. The van der Waals surface area contributed by atoms with Crippen molar-refractivity contribution in [2.75, 3.05) is 52.3 Å². The number of carbonyl (C=O) groups is 1. The molecular formula is C20H23N5O5S2. The summed E-state index contributed by atoms with van der Waals surface area (Å²) in [6, 6.07) is 10.1. The summed E-state index contributed by atoms with van der Waals surface area (Å²) in [5.74, 6) is 0.947. The third kappa shape index (κ3) is 4.67. The van der Waals surface area contributed by atoms with E-state index >= 15 is 0 Å². The average molecular weight is 478 g/mol. The van der Waals surface area contributed by atoms with Gasteiger partial charge < -0.3 is 14.8 Å². The largest absolute Gasteiger partial charge is 0.497 e. The number of anilines is 1. The van der Waals surface area contributed by atoms with Crippen LogP contribution in [0.1, 0.15) is 0 Å². The van der Waals surface area contributed by atoms with Gasteiger partial charge in [-0.2, -0.15) is 13.1 Å². The first-order chi connectivity index (χ1) is 15.4. The quantitative estimate of drug-likeness (QED) is 0.547. The molecule has 0 atom stereocenters. The standard InChI is InChI=1S/C20H23N5O5S2/c1-29-15-10-14(11-16(12-15)30-2)21-19(26)13-24-6-8-25(9-7-24)32(27,28)18-5-3-4-17-20(18)23-31-22-17/h3-5,10-12H,6-9,13H2,1-2H3,(H,21,26). The number of fused-ring (bicyclic) bond motifs is 1. The number of hydrogen-bond donors (Lipinski definition) is 1. The van der Waals surface area contributed by atoms with E-state index in [1.54, 1.807) is 50.6 Å². The summed E-state index contributed by atoms with van der Waals surface area (Å²) in [5, 5.41) is 2.84. The molecule has 0 unspecified atom stereocenters. The summed E-state index contributed by atoms with van der Waals surface area (Å²) in [7, 11) is -0.610. The lowest BCUT2D eigenvalue weighted by atomic mass is 10.2.